The molecule has 0 unspecified atom stereocenters. The average Bonchev–Trinajstić information content (AvgIpc) is 2.55. The van der Waals surface area contributed by atoms with Crippen molar-refractivity contribution in [3.05, 3.63) is 64.5 Å². The fraction of sp³-hybridized carbons (Fsp3) is 0.0714. The zero-order valence-electron chi connectivity index (χ0n) is 12.1. The molecule has 0 fully saturated rings. The number of para-hydroxylation sites is 1. The van der Waals surface area contributed by atoms with Crippen molar-refractivity contribution in [3.63, 3.8) is 0 Å². The fourth-order valence-corrected chi connectivity index (χ4v) is 2.96. The van der Waals surface area contributed by atoms with Gasteiger partial charge >= 0.3 is 0 Å². The summed E-state index contributed by atoms with van der Waals surface area (Å²) in [5, 5.41) is 13.2. The summed E-state index contributed by atoms with van der Waals surface area (Å²) in [6.07, 6.45) is 0. The quantitative estimate of drug-likeness (QED) is 0.605. The van der Waals surface area contributed by atoms with Crippen molar-refractivity contribution in [2.24, 2.45) is 0 Å². The first-order valence-electron chi connectivity index (χ1n) is 6.58. The van der Waals surface area contributed by atoms with E-state index in [1.165, 1.54) is 24.3 Å². The Hall–Kier alpha value is -2.85. The Bertz CT molecular complexity index is 868. The summed E-state index contributed by atoms with van der Waals surface area (Å²) >= 11 is 0. The Morgan fingerprint density at radius 2 is 1.75 bits per heavy atom. The van der Waals surface area contributed by atoms with Crippen molar-refractivity contribution in [2.45, 2.75) is 4.90 Å². The molecular weight excluding hydrogens is 341 g/mol. The normalized spacial score (nSPS) is 11.0. The monoisotopic (exact) mass is 353 g/mol. The van der Waals surface area contributed by atoms with Crippen molar-refractivity contribution in [3.8, 4) is 0 Å². The first-order valence-corrected chi connectivity index (χ1v) is 8.06. The van der Waals surface area contributed by atoms with Crippen LogP contribution in [0.25, 0.3) is 0 Å². The standard InChI is InChI=1S/C14H12FN3O5S/c15-10-5-7-11(8-6-10)17-14(19)9-16-24(22,23)13-4-2-1-3-12(13)18(20)21/h1-8,16H,9H2,(H,17,19). The number of hydrogen-bond donors (Lipinski definition) is 2. The number of hydrogen-bond acceptors (Lipinski definition) is 5. The van der Waals surface area contributed by atoms with Gasteiger partial charge in [0, 0.05) is 11.8 Å². The molecule has 24 heavy (non-hydrogen) atoms. The molecule has 0 aliphatic carbocycles. The van der Waals surface area contributed by atoms with Crippen LogP contribution in [0, 0.1) is 15.9 Å². The number of amides is 1. The molecule has 0 aliphatic rings. The molecule has 0 saturated carbocycles. The van der Waals surface area contributed by atoms with Gasteiger partial charge in [0.2, 0.25) is 15.9 Å². The smallest absolute Gasteiger partial charge is 0.289 e. The fourth-order valence-electron chi connectivity index (χ4n) is 1.81. The minimum absolute atomic E-state index is 0.284. The maximum Gasteiger partial charge on any atom is 0.289 e. The Labute approximate surface area is 136 Å². The van der Waals surface area contributed by atoms with Gasteiger partial charge in [-0.2, -0.15) is 0 Å². The van der Waals surface area contributed by atoms with E-state index >= 15 is 0 Å². The summed E-state index contributed by atoms with van der Waals surface area (Å²) in [5.41, 5.74) is -0.310. The largest absolute Gasteiger partial charge is 0.325 e. The minimum atomic E-state index is -4.24. The molecular formula is C14H12FN3O5S. The number of nitrogens with zero attached hydrogens (tertiary/aromatic N) is 1. The lowest BCUT2D eigenvalue weighted by molar-refractivity contribution is -0.387. The van der Waals surface area contributed by atoms with Crippen LogP contribution in [0.5, 0.6) is 0 Å². The summed E-state index contributed by atoms with van der Waals surface area (Å²) in [5.74, 6) is -1.19. The van der Waals surface area contributed by atoms with E-state index in [4.69, 9.17) is 0 Å². The highest BCUT2D eigenvalue weighted by Gasteiger charge is 2.25. The van der Waals surface area contributed by atoms with Crippen LogP contribution in [0.1, 0.15) is 0 Å². The SMILES string of the molecule is O=C(CNS(=O)(=O)c1ccccc1[N+](=O)[O-])Nc1ccc(F)cc1. The van der Waals surface area contributed by atoms with Gasteiger partial charge in [0.15, 0.2) is 4.90 Å². The topological polar surface area (TPSA) is 118 Å². The average molecular weight is 353 g/mol. The number of carbonyl (C=O) groups excluding carboxylic acids is 1. The van der Waals surface area contributed by atoms with Crippen LogP contribution in [0.4, 0.5) is 15.8 Å². The second-order valence-corrected chi connectivity index (χ2v) is 6.34. The lowest BCUT2D eigenvalue weighted by atomic mass is 10.3. The van der Waals surface area contributed by atoms with E-state index in [0.29, 0.717) is 0 Å². The lowest BCUT2D eigenvalue weighted by Crippen LogP contribution is -2.33. The van der Waals surface area contributed by atoms with Crippen LogP contribution >= 0.6 is 0 Å². The molecule has 0 radical (unpaired) electrons. The second kappa shape index (κ2) is 7.15. The molecule has 0 spiro atoms. The highest BCUT2D eigenvalue weighted by Crippen LogP contribution is 2.22. The zero-order chi connectivity index (χ0) is 17.7. The van der Waals surface area contributed by atoms with Crippen LogP contribution < -0.4 is 10.0 Å². The summed E-state index contributed by atoms with van der Waals surface area (Å²) in [6.45, 7) is -0.633. The van der Waals surface area contributed by atoms with E-state index in [1.54, 1.807) is 0 Å². The molecule has 0 aliphatic heterocycles. The molecule has 2 rings (SSSR count). The predicted octanol–water partition coefficient (Wildman–Crippen LogP) is 1.65. The van der Waals surface area contributed by atoms with Crippen molar-refractivity contribution < 1.29 is 22.5 Å². The van der Waals surface area contributed by atoms with E-state index in [-0.39, 0.29) is 5.69 Å². The zero-order valence-corrected chi connectivity index (χ0v) is 12.9. The minimum Gasteiger partial charge on any atom is -0.325 e. The molecule has 0 atom stereocenters. The summed E-state index contributed by atoms with van der Waals surface area (Å²) in [6, 6.07) is 9.66. The molecule has 0 aromatic heterocycles. The van der Waals surface area contributed by atoms with Gasteiger partial charge in [-0.25, -0.2) is 17.5 Å². The van der Waals surface area contributed by atoms with Crippen LogP contribution in [0.15, 0.2) is 53.4 Å². The van der Waals surface area contributed by atoms with Gasteiger partial charge in [0.25, 0.3) is 5.69 Å². The molecule has 8 nitrogen and oxygen atoms in total. The lowest BCUT2D eigenvalue weighted by Gasteiger charge is -2.08. The van der Waals surface area contributed by atoms with Gasteiger partial charge in [0.05, 0.1) is 11.5 Å². The number of benzene rings is 2. The van der Waals surface area contributed by atoms with E-state index in [0.717, 1.165) is 24.3 Å². The first-order chi connectivity index (χ1) is 11.3. The van der Waals surface area contributed by atoms with E-state index < -0.39 is 43.8 Å². The third-order valence-corrected chi connectivity index (χ3v) is 4.35. The van der Waals surface area contributed by atoms with Crippen LogP contribution in [-0.2, 0) is 14.8 Å². The third-order valence-electron chi connectivity index (χ3n) is 2.90. The summed E-state index contributed by atoms with van der Waals surface area (Å²) in [4.78, 5) is 21.2. The van der Waals surface area contributed by atoms with Gasteiger partial charge in [0.1, 0.15) is 5.82 Å². The molecule has 126 valence electrons. The number of nitro benzene ring substituents is 1. The number of nitrogens with one attached hydrogen (secondary N) is 2. The molecule has 2 N–H and O–H groups in total. The maximum absolute atomic E-state index is 12.8. The predicted molar refractivity (Wildman–Crippen MR) is 83.3 cm³/mol. The number of halogens is 1. The molecule has 10 heteroatoms. The summed E-state index contributed by atoms with van der Waals surface area (Å²) < 4.78 is 39.0. The molecule has 2 aromatic carbocycles. The van der Waals surface area contributed by atoms with Crippen molar-refractivity contribution in [1.82, 2.24) is 4.72 Å². The number of carbonyl (C=O) groups is 1. The molecule has 0 heterocycles. The number of nitro groups is 1. The molecule has 0 saturated heterocycles. The second-order valence-electron chi connectivity index (χ2n) is 4.60. The van der Waals surface area contributed by atoms with E-state index in [9.17, 15) is 27.7 Å². The van der Waals surface area contributed by atoms with Gasteiger partial charge in [-0.1, -0.05) is 12.1 Å². The van der Waals surface area contributed by atoms with Crippen LogP contribution in [0.3, 0.4) is 0 Å². The third kappa shape index (κ3) is 4.33. The molecule has 2 aromatic rings. The Balaban J connectivity index is 2.06. The van der Waals surface area contributed by atoms with Gasteiger partial charge < -0.3 is 5.32 Å². The van der Waals surface area contributed by atoms with Gasteiger partial charge in [-0.05, 0) is 30.3 Å². The van der Waals surface area contributed by atoms with Crippen molar-refractivity contribution in [2.75, 3.05) is 11.9 Å². The first kappa shape index (κ1) is 17.5. The van der Waals surface area contributed by atoms with Gasteiger partial charge in [-0.3, -0.25) is 14.9 Å². The van der Waals surface area contributed by atoms with Crippen LogP contribution in [0.2, 0.25) is 0 Å². The van der Waals surface area contributed by atoms with Crippen LogP contribution in [-0.4, -0.2) is 25.8 Å². The number of rotatable bonds is 6. The number of anilines is 1. The van der Waals surface area contributed by atoms with E-state index in [1.807, 2.05) is 4.72 Å². The number of sulfonamides is 1. The molecule has 1 amide bonds. The van der Waals surface area contributed by atoms with Crippen molar-refractivity contribution >= 4 is 27.3 Å². The van der Waals surface area contributed by atoms with Crippen molar-refractivity contribution in [1.29, 1.82) is 0 Å². The highest BCUT2D eigenvalue weighted by atomic mass is 32.2. The van der Waals surface area contributed by atoms with Gasteiger partial charge in [-0.15, -0.1) is 0 Å². The summed E-state index contributed by atoms with van der Waals surface area (Å²) in [7, 11) is -4.24. The Morgan fingerprint density at radius 1 is 1.12 bits per heavy atom. The molecule has 0 bridgehead atoms. The Morgan fingerprint density at radius 3 is 2.38 bits per heavy atom. The Kier molecular flexibility index (Phi) is 5.21. The van der Waals surface area contributed by atoms with E-state index in [2.05, 4.69) is 5.32 Å². The maximum atomic E-state index is 12.8. The highest BCUT2D eigenvalue weighted by molar-refractivity contribution is 7.89.